The molecule has 0 bridgehead atoms. The number of carbonyl (C=O) groups is 2. The zero-order valence-electron chi connectivity index (χ0n) is 27.3. The monoisotopic (exact) mass is 615 g/mol. The molecule has 6 atom stereocenters. The highest BCUT2D eigenvalue weighted by Crippen LogP contribution is 2.75. The summed E-state index contributed by atoms with van der Waals surface area (Å²) in [5.41, 5.74) is 3.16. The van der Waals surface area contributed by atoms with Crippen LogP contribution in [0.4, 0.5) is 5.82 Å². The second kappa shape index (κ2) is 10.4. The molecule has 45 heavy (non-hydrogen) atoms. The fourth-order valence-electron chi connectivity index (χ4n) is 9.75. The van der Waals surface area contributed by atoms with Crippen molar-refractivity contribution in [2.45, 2.75) is 93.0 Å². The minimum atomic E-state index is -0.587. The number of nitrogens with zero attached hydrogens (tertiary/aromatic N) is 3. The van der Waals surface area contributed by atoms with Gasteiger partial charge in [0, 0.05) is 17.5 Å². The molecule has 1 aromatic rings. The first-order valence-electron chi connectivity index (χ1n) is 16.2. The molecule has 5 aliphatic carbocycles. The number of nitro groups is 1. The van der Waals surface area contributed by atoms with Crippen LogP contribution >= 0.6 is 0 Å². The van der Waals surface area contributed by atoms with E-state index in [1.54, 1.807) is 16.7 Å². The van der Waals surface area contributed by atoms with Gasteiger partial charge >= 0.3 is 11.8 Å². The molecule has 240 valence electrons. The number of hydrogen-bond donors (Lipinski definition) is 1. The van der Waals surface area contributed by atoms with Crippen molar-refractivity contribution in [3.8, 4) is 0 Å². The Morgan fingerprint density at radius 3 is 2.56 bits per heavy atom. The van der Waals surface area contributed by atoms with Crippen molar-refractivity contribution in [1.29, 1.82) is 0 Å². The minimum Gasteiger partial charge on any atom is -0.504 e. The lowest BCUT2D eigenvalue weighted by Crippen LogP contribution is -2.62. The topological polar surface area (TPSA) is 125 Å². The summed E-state index contributed by atoms with van der Waals surface area (Å²) < 4.78 is 7.43. The number of ether oxygens (including phenoxy) is 1. The largest absolute Gasteiger partial charge is 0.504 e. The summed E-state index contributed by atoms with van der Waals surface area (Å²) in [6.07, 6.45) is 19.0. The van der Waals surface area contributed by atoms with E-state index in [4.69, 9.17) is 4.74 Å². The van der Waals surface area contributed by atoms with E-state index in [2.05, 4.69) is 51.8 Å². The highest BCUT2D eigenvalue weighted by Gasteiger charge is 2.67. The van der Waals surface area contributed by atoms with Crippen LogP contribution in [0.5, 0.6) is 0 Å². The molecule has 1 N–H and O–H groups in total. The van der Waals surface area contributed by atoms with E-state index in [9.17, 15) is 24.8 Å². The fraction of sp³-hybridized carbons (Fsp3) is 0.583. The number of esters is 1. The molecule has 9 heteroatoms. The second-order valence-electron chi connectivity index (χ2n) is 15.4. The van der Waals surface area contributed by atoms with Crippen molar-refractivity contribution in [3.05, 3.63) is 81.1 Å². The maximum Gasteiger partial charge on any atom is 0.381 e. The van der Waals surface area contributed by atoms with Crippen LogP contribution < -0.4 is 0 Å². The molecule has 1 heterocycles. The van der Waals surface area contributed by atoms with E-state index in [1.807, 2.05) is 13.0 Å². The van der Waals surface area contributed by atoms with Gasteiger partial charge in [-0.25, -0.2) is 0 Å². The van der Waals surface area contributed by atoms with E-state index in [0.717, 1.165) is 56.1 Å². The number of hydrogen-bond acceptors (Lipinski definition) is 7. The fourth-order valence-corrected chi connectivity index (χ4v) is 9.75. The molecule has 3 fully saturated rings. The third-order valence-corrected chi connectivity index (χ3v) is 13.0. The SMILES string of the molecule is CC1=C(O)C(=O)C=C2C1=CC=C1[C@@]2(C)CC[C@@]2(C)[C@@H]3C[C@](C)(C(=O)OC/C=C/Cn4cnc([N+](=O)[O-])c4)CC[C@]3(C)CC[C@]12C. The van der Waals surface area contributed by atoms with Crippen molar-refractivity contribution in [1.82, 2.24) is 9.55 Å². The van der Waals surface area contributed by atoms with E-state index >= 15 is 0 Å². The van der Waals surface area contributed by atoms with Crippen LogP contribution in [0.1, 0.15) is 86.5 Å². The Labute approximate surface area is 265 Å². The van der Waals surface area contributed by atoms with E-state index < -0.39 is 10.3 Å². The number of imidazole rings is 1. The lowest BCUT2D eigenvalue weighted by atomic mass is 9.34. The van der Waals surface area contributed by atoms with Gasteiger partial charge in [-0.2, -0.15) is 0 Å². The molecule has 0 aromatic carbocycles. The molecule has 0 aliphatic heterocycles. The normalized spacial score (nSPS) is 37.5. The number of allylic oxidation sites excluding steroid dienone is 8. The van der Waals surface area contributed by atoms with Gasteiger partial charge in [0.1, 0.15) is 12.8 Å². The van der Waals surface area contributed by atoms with Crippen LogP contribution in [0.2, 0.25) is 0 Å². The quantitative estimate of drug-likeness (QED) is 0.152. The summed E-state index contributed by atoms with van der Waals surface area (Å²) in [7, 11) is 0. The number of aromatic nitrogens is 2. The summed E-state index contributed by atoms with van der Waals surface area (Å²) in [5, 5.41) is 21.3. The molecule has 0 unspecified atom stereocenters. The minimum absolute atomic E-state index is 0.0434. The molecular weight excluding hydrogens is 570 g/mol. The van der Waals surface area contributed by atoms with Gasteiger partial charge in [0.05, 0.1) is 5.41 Å². The van der Waals surface area contributed by atoms with Crippen molar-refractivity contribution in [3.63, 3.8) is 0 Å². The number of carbonyl (C=O) groups excluding carboxylic acids is 2. The zero-order valence-corrected chi connectivity index (χ0v) is 27.3. The predicted octanol–water partition coefficient (Wildman–Crippen LogP) is 7.52. The summed E-state index contributed by atoms with van der Waals surface area (Å²) in [4.78, 5) is 40.5. The average molecular weight is 616 g/mol. The maximum atomic E-state index is 13.6. The molecule has 0 radical (unpaired) electrons. The van der Waals surface area contributed by atoms with Crippen molar-refractivity contribution < 1.29 is 24.4 Å². The molecule has 0 spiro atoms. The third-order valence-electron chi connectivity index (χ3n) is 13.0. The van der Waals surface area contributed by atoms with Crippen LogP contribution in [-0.2, 0) is 20.9 Å². The van der Waals surface area contributed by atoms with Gasteiger partial charge in [-0.1, -0.05) is 51.5 Å². The Morgan fingerprint density at radius 2 is 1.84 bits per heavy atom. The first kappa shape index (κ1) is 31.2. The predicted molar refractivity (Wildman–Crippen MR) is 170 cm³/mol. The van der Waals surface area contributed by atoms with Crippen LogP contribution in [-0.4, -0.2) is 37.9 Å². The number of fused-ring (bicyclic) bond motifs is 7. The summed E-state index contributed by atoms with van der Waals surface area (Å²) in [6.45, 7) is 14.0. The Morgan fingerprint density at radius 1 is 1.11 bits per heavy atom. The lowest BCUT2D eigenvalue weighted by Gasteiger charge is -2.70. The number of aliphatic hydroxyl groups is 1. The first-order chi connectivity index (χ1) is 21.1. The van der Waals surface area contributed by atoms with Gasteiger partial charge in [-0.15, -0.1) is 0 Å². The van der Waals surface area contributed by atoms with Gasteiger partial charge in [0.15, 0.2) is 5.76 Å². The molecule has 3 saturated carbocycles. The highest BCUT2D eigenvalue weighted by atomic mass is 16.6. The van der Waals surface area contributed by atoms with Gasteiger partial charge in [0.25, 0.3) is 0 Å². The second-order valence-corrected chi connectivity index (χ2v) is 15.4. The number of ketones is 1. The van der Waals surface area contributed by atoms with Gasteiger partial charge < -0.3 is 24.5 Å². The van der Waals surface area contributed by atoms with Gasteiger partial charge in [0.2, 0.25) is 12.1 Å². The van der Waals surface area contributed by atoms with Gasteiger partial charge in [-0.3, -0.25) is 9.59 Å². The first-order valence-corrected chi connectivity index (χ1v) is 16.2. The Balaban J connectivity index is 1.21. The molecule has 0 amide bonds. The van der Waals surface area contributed by atoms with E-state index in [1.165, 1.54) is 18.1 Å². The highest BCUT2D eigenvalue weighted by molar-refractivity contribution is 6.06. The number of rotatable bonds is 6. The van der Waals surface area contributed by atoms with E-state index in [0.29, 0.717) is 18.0 Å². The molecular formula is C36H45N3O6. The zero-order chi connectivity index (χ0) is 32.6. The summed E-state index contributed by atoms with van der Waals surface area (Å²) >= 11 is 0. The van der Waals surface area contributed by atoms with Gasteiger partial charge in [-0.05, 0) is 114 Å². The van der Waals surface area contributed by atoms with Crippen molar-refractivity contribution in [2.24, 2.45) is 33.0 Å². The molecule has 0 saturated heterocycles. The van der Waals surface area contributed by atoms with Crippen LogP contribution in [0.3, 0.4) is 0 Å². The standard InChI is InChI=1S/C36H45N3O6/c1-23-24-9-10-27-34(4,25(24)19-26(40)30(23)41)14-16-36(6)28-20-33(3,12-11-32(28,2)13-15-35(27,36)5)31(42)45-18-8-7-17-38-21-29(37-22-38)39(43)44/h7-10,19,21-22,28,41H,11-18,20H2,1-6H3/b8-7+/t28-,32-,33-,34+,35-,36+/m1/s1. The smallest absolute Gasteiger partial charge is 0.381 e. The van der Waals surface area contributed by atoms with Crippen LogP contribution in [0.15, 0.2) is 71.0 Å². The summed E-state index contributed by atoms with van der Waals surface area (Å²) in [6, 6.07) is 0. The maximum absolute atomic E-state index is 13.6. The number of aliphatic hydroxyl groups excluding tert-OH is 1. The molecule has 1 aromatic heterocycles. The van der Waals surface area contributed by atoms with Crippen molar-refractivity contribution >= 4 is 17.6 Å². The summed E-state index contributed by atoms with van der Waals surface area (Å²) in [5.74, 6) is -0.498. The molecule has 6 rings (SSSR count). The third kappa shape index (κ3) is 4.59. The lowest BCUT2D eigenvalue weighted by molar-refractivity contribution is -0.389. The van der Waals surface area contributed by atoms with Crippen LogP contribution in [0, 0.1) is 43.1 Å². The van der Waals surface area contributed by atoms with E-state index in [-0.39, 0.29) is 51.6 Å². The van der Waals surface area contributed by atoms with Crippen LogP contribution in [0.25, 0.3) is 0 Å². The Hall–Kier alpha value is -3.75. The molecule has 5 aliphatic rings. The Bertz CT molecular complexity index is 1640. The van der Waals surface area contributed by atoms with Crippen molar-refractivity contribution in [2.75, 3.05) is 6.61 Å². The molecule has 9 nitrogen and oxygen atoms in total. The Kier molecular flexibility index (Phi) is 7.21. The average Bonchev–Trinajstić information content (AvgIpc) is 3.48.